The molecule has 1 saturated heterocycles. The number of carbonyl (C=O) groups is 1. The number of unbranched alkanes of at least 4 members (excludes halogenated alkanes) is 3. The van der Waals surface area contributed by atoms with Crippen molar-refractivity contribution in [2.24, 2.45) is 0 Å². The Labute approximate surface area is 135 Å². The zero-order valence-corrected chi connectivity index (χ0v) is 14.3. The molecule has 0 unspecified atom stereocenters. The molecule has 22 heavy (non-hydrogen) atoms. The molecule has 1 aliphatic rings. The van der Waals surface area contributed by atoms with Gasteiger partial charge in [0.05, 0.1) is 13.2 Å². The predicted octanol–water partition coefficient (Wildman–Crippen LogP) is 2.91. The lowest BCUT2D eigenvalue weighted by Crippen LogP contribution is -2.40. The van der Waals surface area contributed by atoms with Crippen LogP contribution < -0.4 is 0 Å². The standard InChI is InChI=1S/C17H32N2O3/c1-4-11-18(2)12-7-5-6-8-15-22-16-9-13-19(14-10-16)17(20)21-3/h4,16H,1,5-15H2,2-3H3. The molecule has 0 bridgehead atoms. The zero-order valence-electron chi connectivity index (χ0n) is 14.3. The largest absolute Gasteiger partial charge is 0.453 e. The summed E-state index contributed by atoms with van der Waals surface area (Å²) < 4.78 is 10.6. The molecule has 1 fully saturated rings. The summed E-state index contributed by atoms with van der Waals surface area (Å²) in [6.45, 7) is 8.17. The molecule has 0 N–H and O–H groups in total. The molecule has 0 radical (unpaired) electrons. The summed E-state index contributed by atoms with van der Waals surface area (Å²) >= 11 is 0. The van der Waals surface area contributed by atoms with E-state index in [2.05, 4.69) is 18.5 Å². The van der Waals surface area contributed by atoms with Gasteiger partial charge in [0, 0.05) is 26.2 Å². The first-order valence-corrected chi connectivity index (χ1v) is 8.41. The van der Waals surface area contributed by atoms with Crippen LogP contribution in [0.15, 0.2) is 12.7 Å². The molecule has 1 rings (SSSR count). The van der Waals surface area contributed by atoms with E-state index < -0.39 is 0 Å². The lowest BCUT2D eigenvalue weighted by Gasteiger charge is -2.30. The third-order valence-electron chi connectivity index (χ3n) is 4.10. The van der Waals surface area contributed by atoms with E-state index in [0.717, 1.165) is 52.0 Å². The van der Waals surface area contributed by atoms with E-state index in [1.807, 2.05) is 6.08 Å². The summed E-state index contributed by atoms with van der Waals surface area (Å²) in [5.41, 5.74) is 0. The number of rotatable bonds is 10. The average molecular weight is 312 g/mol. The first-order chi connectivity index (χ1) is 10.7. The van der Waals surface area contributed by atoms with Crippen molar-refractivity contribution >= 4 is 6.09 Å². The Kier molecular flexibility index (Phi) is 9.91. The van der Waals surface area contributed by atoms with Gasteiger partial charge in [0.15, 0.2) is 0 Å². The zero-order chi connectivity index (χ0) is 16.2. The Morgan fingerprint density at radius 1 is 1.27 bits per heavy atom. The number of amides is 1. The second kappa shape index (κ2) is 11.5. The fourth-order valence-electron chi connectivity index (χ4n) is 2.73. The summed E-state index contributed by atoms with van der Waals surface area (Å²) in [6.07, 6.45) is 8.71. The smallest absolute Gasteiger partial charge is 0.409 e. The van der Waals surface area contributed by atoms with E-state index in [-0.39, 0.29) is 6.09 Å². The highest BCUT2D eigenvalue weighted by Gasteiger charge is 2.23. The molecule has 128 valence electrons. The summed E-state index contributed by atoms with van der Waals surface area (Å²) in [6, 6.07) is 0. The van der Waals surface area contributed by atoms with Gasteiger partial charge in [-0.25, -0.2) is 4.79 Å². The van der Waals surface area contributed by atoms with E-state index in [4.69, 9.17) is 9.47 Å². The van der Waals surface area contributed by atoms with Gasteiger partial charge < -0.3 is 19.3 Å². The number of piperidine rings is 1. The van der Waals surface area contributed by atoms with Gasteiger partial charge in [0.1, 0.15) is 0 Å². The summed E-state index contributed by atoms with van der Waals surface area (Å²) in [7, 11) is 3.56. The van der Waals surface area contributed by atoms with Crippen LogP contribution in [0, 0.1) is 0 Å². The lowest BCUT2D eigenvalue weighted by atomic mass is 10.1. The summed E-state index contributed by atoms with van der Waals surface area (Å²) in [5, 5.41) is 0. The third-order valence-corrected chi connectivity index (χ3v) is 4.10. The number of hydrogen-bond donors (Lipinski definition) is 0. The van der Waals surface area contributed by atoms with E-state index in [0.29, 0.717) is 6.10 Å². The molecule has 0 aromatic carbocycles. The molecule has 0 atom stereocenters. The Balaban J connectivity index is 1.93. The van der Waals surface area contributed by atoms with Crippen molar-refractivity contribution < 1.29 is 14.3 Å². The fraction of sp³-hybridized carbons (Fsp3) is 0.824. The third kappa shape index (κ3) is 7.80. The summed E-state index contributed by atoms with van der Waals surface area (Å²) in [4.78, 5) is 15.4. The van der Waals surface area contributed by atoms with Crippen LogP contribution in [0.3, 0.4) is 0 Å². The van der Waals surface area contributed by atoms with Gasteiger partial charge in [-0.1, -0.05) is 18.9 Å². The molecule has 0 spiro atoms. The Morgan fingerprint density at radius 2 is 1.95 bits per heavy atom. The molecular weight excluding hydrogens is 280 g/mol. The van der Waals surface area contributed by atoms with Gasteiger partial charge in [0.25, 0.3) is 0 Å². The van der Waals surface area contributed by atoms with Gasteiger partial charge in [0.2, 0.25) is 0 Å². The topological polar surface area (TPSA) is 42.0 Å². The second-order valence-electron chi connectivity index (χ2n) is 5.99. The first kappa shape index (κ1) is 19.0. The molecule has 1 heterocycles. The van der Waals surface area contributed by atoms with Crippen LogP contribution in [0.5, 0.6) is 0 Å². The van der Waals surface area contributed by atoms with Crippen molar-refractivity contribution in [3.63, 3.8) is 0 Å². The number of likely N-dealkylation sites (tertiary alicyclic amines) is 1. The van der Waals surface area contributed by atoms with Crippen molar-refractivity contribution in [2.45, 2.75) is 44.6 Å². The summed E-state index contributed by atoms with van der Waals surface area (Å²) in [5.74, 6) is 0. The Bertz CT molecular complexity index is 315. The number of nitrogens with zero attached hydrogens (tertiary/aromatic N) is 2. The maximum absolute atomic E-state index is 11.4. The van der Waals surface area contributed by atoms with Crippen LogP contribution in [-0.4, -0.2) is 68.9 Å². The quantitative estimate of drug-likeness (QED) is 0.459. The predicted molar refractivity (Wildman–Crippen MR) is 89.1 cm³/mol. The molecule has 0 aromatic heterocycles. The van der Waals surface area contributed by atoms with Crippen molar-refractivity contribution in [3.05, 3.63) is 12.7 Å². The number of carbonyl (C=O) groups excluding carboxylic acids is 1. The number of likely N-dealkylation sites (N-methyl/N-ethyl adjacent to an activating group) is 1. The highest BCUT2D eigenvalue weighted by molar-refractivity contribution is 5.67. The first-order valence-electron chi connectivity index (χ1n) is 8.41. The van der Waals surface area contributed by atoms with E-state index in [1.54, 1.807) is 4.90 Å². The van der Waals surface area contributed by atoms with Crippen molar-refractivity contribution in [3.8, 4) is 0 Å². The highest BCUT2D eigenvalue weighted by Crippen LogP contribution is 2.15. The molecule has 0 aliphatic carbocycles. The van der Waals surface area contributed by atoms with Crippen LogP contribution in [0.4, 0.5) is 4.79 Å². The number of hydrogen-bond acceptors (Lipinski definition) is 4. The van der Waals surface area contributed by atoms with Gasteiger partial charge in [-0.15, -0.1) is 6.58 Å². The second-order valence-corrected chi connectivity index (χ2v) is 5.99. The average Bonchev–Trinajstić information content (AvgIpc) is 2.54. The van der Waals surface area contributed by atoms with Crippen molar-refractivity contribution in [1.29, 1.82) is 0 Å². The molecule has 5 heteroatoms. The minimum absolute atomic E-state index is 0.222. The van der Waals surface area contributed by atoms with Crippen molar-refractivity contribution in [2.75, 3.05) is 46.9 Å². The number of ether oxygens (including phenoxy) is 2. The van der Waals surface area contributed by atoms with Crippen molar-refractivity contribution in [1.82, 2.24) is 9.80 Å². The molecule has 0 aromatic rings. The minimum Gasteiger partial charge on any atom is -0.453 e. The normalized spacial score (nSPS) is 16.0. The highest BCUT2D eigenvalue weighted by atomic mass is 16.5. The van der Waals surface area contributed by atoms with E-state index in [1.165, 1.54) is 26.4 Å². The SMILES string of the molecule is C=CCN(C)CCCCCCOC1CCN(C(=O)OC)CC1. The van der Waals surface area contributed by atoms with Gasteiger partial charge in [-0.05, 0) is 39.3 Å². The maximum atomic E-state index is 11.4. The van der Waals surface area contributed by atoms with Gasteiger partial charge in [-0.2, -0.15) is 0 Å². The monoisotopic (exact) mass is 312 g/mol. The van der Waals surface area contributed by atoms with Crippen LogP contribution in [-0.2, 0) is 9.47 Å². The van der Waals surface area contributed by atoms with Gasteiger partial charge in [-0.3, -0.25) is 0 Å². The fourth-order valence-corrected chi connectivity index (χ4v) is 2.73. The molecule has 0 saturated carbocycles. The molecular formula is C17H32N2O3. The van der Waals surface area contributed by atoms with Gasteiger partial charge >= 0.3 is 6.09 Å². The van der Waals surface area contributed by atoms with Crippen LogP contribution in [0.2, 0.25) is 0 Å². The minimum atomic E-state index is -0.222. The molecule has 5 nitrogen and oxygen atoms in total. The number of methoxy groups -OCH3 is 1. The molecule has 1 amide bonds. The lowest BCUT2D eigenvalue weighted by molar-refractivity contribution is 0.00652. The Hall–Kier alpha value is -1.07. The maximum Gasteiger partial charge on any atom is 0.409 e. The van der Waals surface area contributed by atoms with Crippen LogP contribution in [0.25, 0.3) is 0 Å². The van der Waals surface area contributed by atoms with E-state index >= 15 is 0 Å². The van der Waals surface area contributed by atoms with Crippen LogP contribution in [0.1, 0.15) is 38.5 Å². The van der Waals surface area contributed by atoms with E-state index in [9.17, 15) is 4.79 Å². The Morgan fingerprint density at radius 3 is 2.59 bits per heavy atom. The molecule has 1 aliphatic heterocycles. The van der Waals surface area contributed by atoms with Crippen LogP contribution >= 0.6 is 0 Å².